The summed E-state index contributed by atoms with van der Waals surface area (Å²) >= 11 is 11.2. The van der Waals surface area contributed by atoms with Crippen molar-refractivity contribution in [1.29, 1.82) is 0 Å². The second-order valence-electron chi connectivity index (χ2n) is 2.55. The Balaban J connectivity index is 3.30. The van der Waals surface area contributed by atoms with Crippen LogP contribution in [-0.2, 0) is 5.88 Å². The molecule has 0 atom stereocenters. The SMILES string of the molecule is Cc1cnc(CCl)c(Cl)c1C(F)F. The van der Waals surface area contributed by atoms with E-state index in [9.17, 15) is 8.78 Å². The van der Waals surface area contributed by atoms with Gasteiger partial charge in [-0.25, -0.2) is 8.78 Å². The van der Waals surface area contributed by atoms with Crippen molar-refractivity contribution in [3.8, 4) is 0 Å². The van der Waals surface area contributed by atoms with Gasteiger partial charge >= 0.3 is 0 Å². The monoisotopic (exact) mass is 225 g/mol. The number of halogens is 4. The molecule has 0 aliphatic heterocycles. The van der Waals surface area contributed by atoms with Gasteiger partial charge in [0.1, 0.15) is 0 Å². The van der Waals surface area contributed by atoms with Gasteiger partial charge in [-0.15, -0.1) is 11.6 Å². The van der Waals surface area contributed by atoms with Gasteiger partial charge in [-0.1, -0.05) is 11.6 Å². The van der Waals surface area contributed by atoms with Gasteiger partial charge in [0.05, 0.1) is 16.6 Å². The molecule has 1 rings (SSSR count). The number of aromatic nitrogens is 1. The molecule has 13 heavy (non-hydrogen) atoms. The van der Waals surface area contributed by atoms with Crippen LogP contribution in [0.5, 0.6) is 0 Å². The molecule has 1 nitrogen and oxygen atoms in total. The molecule has 72 valence electrons. The molecule has 0 aliphatic carbocycles. The zero-order valence-corrected chi connectivity index (χ0v) is 8.33. The molecule has 0 saturated heterocycles. The first-order valence-corrected chi connectivity index (χ1v) is 4.47. The maximum atomic E-state index is 12.4. The number of nitrogens with zero attached hydrogens (tertiary/aromatic N) is 1. The molecule has 0 unspecified atom stereocenters. The largest absolute Gasteiger partial charge is 0.265 e. The summed E-state index contributed by atoms with van der Waals surface area (Å²) < 4.78 is 24.9. The quantitative estimate of drug-likeness (QED) is 0.700. The van der Waals surface area contributed by atoms with Crippen LogP contribution >= 0.6 is 23.2 Å². The Morgan fingerprint density at radius 3 is 2.62 bits per heavy atom. The first-order valence-electron chi connectivity index (χ1n) is 3.56. The van der Waals surface area contributed by atoms with Crippen molar-refractivity contribution in [2.45, 2.75) is 19.2 Å². The van der Waals surface area contributed by atoms with Crippen molar-refractivity contribution in [2.24, 2.45) is 0 Å². The van der Waals surface area contributed by atoms with E-state index in [2.05, 4.69) is 4.98 Å². The van der Waals surface area contributed by atoms with Crippen LogP contribution in [0.2, 0.25) is 5.02 Å². The minimum absolute atomic E-state index is 0.0231. The smallest absolute Gasteiger partial charge is 0.258 e. The number of pyridine rings is 1. The summed E-state index contributed by atoms with van der Waals surface area (Å²) in [4.78, 5) is 3.84. The molecule has 0 N–H and O–H groups in total. The summed E-state index contributed by atoms with van der Waals surface area (Å²) in [6, 6.07) is 0. The molecular weight excluding hydrogens is 219 g/mol. The number of rotatable bonds is 2. The summed E-state index contributed by atoms with van der Waals surface area (Å²) in [5, 5.41) is -0.0231. The summed E-state index contributed by atoms with van der Waals surface area (Å²) in [5.41, 5.74) is 0.505. The van der Waals surface area contributed by atoms with Gasteiger partial charge in [0, 0.05) is 11.8 Å². The van der Waals surface area contributed by atoms with Crippen LogP contribution in [0, 0.1) is 6.92 Å². The molecule has 0 spiro atoms. The first-order chi connectivity index (χ1) is 6.07. The van der Waals surface area contributed by atoms with Crippen molar-refractivity contribution in [1.82, 2.24) is 4.98 Å². The van der Waals surface area contributed by atoms with Crippen LogP contribution in [0.4, 0.5) is 8.78 Å². The van der Waals surface area contributed by atoms with Gasteiger partial charge in [-0.2, -0.15) is 0 Å². The van der Waals surface area contributed by atoms with E-state index >= 15 is 0 Å². The van der Waals surface area contributed by atoms with Crippen LogP contribution in [0.25, 0.3) is 0 Å². The lowest BCUT2D eigenvalue weighted by Gasteiger charge is -2.08. The van der Waals surface area contributed by atoms with Gasteiger partial charge in [0.2, 0.25) is 0 Å². The minimum atomic E-state index is -2.59. The molecule has 1 heterocycles. The predicted molar refractivity (Wildman–Crippen MR) is 48.5 cm³/mol. The fourth-order valence-electron chi connectivity index (χ4n) is 0.991. The second kappa shape index (κ2) is 4.20. The van der Waals surface area contributed by atoms with Gasteiger partial charge in [-0.05, 0) is 12.5 Å². The van der Waals surface area contributed by atoms with Crippen LogP contribution < -0.4 is 0 Å². The lowest BCUT2D eigenvalue weighted by Crippen LogP contribution is -1.97. The van der Waals surface area contributed by atoms with Gasteiger partial charge in [-0.3, -0.25) is 4.98 Å². The molecular formula is C8H7Cl2F2N. The Bertz CT molecular complexity index is 315. The molecule has 1 aromatic rings. The Hall–Kier alpha value is -0.410. The Labute approximate surface area is 84.7 Å². The first kappa shape index (κ1) is 10.7. The van der Waals surface area contributed by atoms with Crippen molar-refractivity contribution in [2.75, 3.05) is 0 Å². The van der Waals surface area contributed by atoms with Crippen molar-refractivity contribution < 1.29 is 8.78 Å². The van der Waals surface area contributed by atoms with Crippen molar-refractivity contribution >= 4 is 23.2 Å². The topological polar surface area (TPSA) is 12.9 Å². The van der Waals surface area contributed by atoms with Crippen LogP contribution in [0.15, 0.2) is 6.20 Å². The maximum Gasteiger partial charge on any atom is 0.265 e. The second-order valence-corrected chi connectivity index (χ2v) is 3.20. The molecule has 0 saturated carbocycles. The Morgan fingerprint density at radius 2 is 2.15 bits per heavy atom. The van der Waals surface area contributed by atoms with Crippen LogP contribution in [0.3, 0.4) is 0 Å². The molecule has 0 aliphatic rings. The Morgan fingerprint density at radius 1 is 1.54 bits per heavy atom. The van der Waals surface area contributed by atoms with Gasteiger partial charge in [0.15, 0.2) is 0 Å². The molecule has 5 heteroatoms. The predicted octanol–water partition coefficient (Wildman–Crippen LogP) is 3.72. The molecule has 0 fully saturated rings. The van der Waals surface area contributed by atoms with E-state index in [-0.39, 0.29) is 16.5 Å². The average molecular weight is 226 g/mol. The molecule has 0 aromatic carbocycles. The zero-order valence-electron chi connectivity index (χ0n) is 6.82. The van der Waals surface area contributed by atoms with E-state index in [1.54, 1.807) is 6.92 Å². The fourth-order valence-corrected chi connectivity index (χ4v) is 1.61. The zero-order chi connectivity index (χ0) is 10.0. The normalized spacial score (nSPS) is 10.9. The highest BCUT2D eigenvalue weighted by Gasteiger charge is 2.18. The summed E-state index contributed by atoms with van der Waals surface area (Å²) in [7, 11) is 0. The van der Waals surface area contributed by atoms with Crippen LogP contribution in [-0.4, -0.2) is 4.98 Å². The molecule has 0 amide bonds. The summed E-state index contributed by atoms with van der Waals surface area (Å²) in [6.07, 6.45) is -1.23. The highest BCUT2D eigenvalue weighted by Crippen LogP contribution is 2.31. The number of aryl methyl sites for hydroxylation is 1. The van der Waals surface area contributed by atoms with E-state index < -0.39 is 6.43 Å². The summed E-state index contributed by atoms with van der Waals surface area (Å²) in [6.45, 7) is 1.54. The third-order valence-corrected chi connectivity index (χ3v) is 2.35. The standard InChI is InChI=1S/C8H7Cl2F2N/c1-4-3-13-5(2-9)7(10)6(4)8(11)12/h3,8H,2H2,1H3. The van der Waals surface area contributed by atoms with E-state index in [4.69, 9.17) is 23.2 Å². The Kier molecular flexibility index (Phi) is 3.45. The lowest BCUT2D eigenvalue weighted by atomic mass is 10.1. The third kappa shape index (κ3) is 2.09. The number of alkyl halides is 3. The molecule has 0 radical (unpaired) electrons. The maximum absolute atomic E-state index is 12.4. The van der Waals surface area contributed by atoms with E-state index in [0.717, 1.165) is 0 Å². The summed E-state index contributed by atoms with van der Waals surface area (Å²) in [5.74, 6) is 0.0405. The lowest BCUT2D eigenvalue weighted by molar-refractivity contribution is 0.150. The van der Waals surface area contributed by atoms with E-state index in [1.807, 2.05) is 0 Å². The van der Waals surface area contributed by atoms with Crippen LogP contribution in [0.1, 0.15) is 23.2 Å². The van der Waals surface area contributed by atoms with Crippen molar-refractivity contribution in [3.05, 3.63) is 28.0 Å². The average Bonchev–Trinajstić information content (AvgIpc) is 2.04. The number of hydrogen-bond donors (Lipinski definition) is 0. The van der Waals surface area contributed by atoms with Gasteiger partial charge in [0.25, 0.3) is 6.43 Å². The van der Waals surface area contributed by atoms with E-state index in [0.29, 0.717) is 11.3 Å². The molecule has 1 aromatic heterocycles. The third-order valence-electron chi connectivity index (χ3n) is 1.67. The van der Waals surface area contributed by atoms with Gasteiger partial charge < -0.3 is 0 Å². The highest BCUT2D eigenvalue weighted by atomic mass is 35.5. The highest BCUT2D eigenvalue weighted by molar-refractivity contribution is 6.32. The number of hydrogen-bond acceptors (Lipinski definition) is 1. The van der Waals surface area contributed by atoms with E-state index in [1.165, 1.54) is 6.20 Å². The van der Waals surface area contributed by atoms with Crippen molar-refractivity contribution in [3.63, 3.8) is 0 Å². The fraction of sp³-hybridized carbons (Fsp3) is 0.375. The minimum Gasteiger partial charge on any atom is -0.258 e. The molecule has 0 bridgehead atoms.